The maximum atomic E-state index is 13.3. The van der Waals surface area contributed by atoms with E-state index in [1.807, 2.05) is 17.9 Å². The quantitative estimate of drug-likeness (QED) is 0.610. The number of likely N-dealkylation sites (N-methyl/N-ethyl adjacent to an activating group) is 1. The molecule has 0 unspecified atom stereocenters. The SMILES string of the molecule is C/C=C\C=C(/C)CN(C)CC1=C(CC)N(Cc2ccccc2C)C2=NCCN2C1=O. The summed E-state index contributed by atoms with van der Waals surface area (Å²) in [5.41, 5.74) is 5.80. The van der Waals surface area contributed by atoms with Gasteiger partial charge in [-0.05, 0) is 45.4 Å². The van der Waals surface area contributed by atoms with Crippen molar-refractivity contribution in [3.05, 3.63) is 70.5 Å². The van der Waals surface area contributed by atoms with Crippen molar-refractivity contribution >= 4 is 11.9 Å². The minimum Gasteiger partial charge on any atom is -0.311 e. The zero-order valence-electron chi connectivity index (χ0n) is 19.0. The fraction of sp³-hybridized carbons (Fsp3) is 0.440. The number of nitrogens with zero attached hydrogens (tertiary/aromatic N) is 4. The first-order valence-electron chi connectivity index (χ1n) is 10.8. The molecule has 5 heteroatoms. The van der Waals surface area contributed by atoms with Crippen LogP contribution in [0.3, 0.4) is 0 Å². The molecule has 1 aromatic carbocycles. The molecule has 2 heterocycles. The standard InChI is InChI=1S/C25H34N4O/c1-6-8-11-19(3)16-27(5)18-22-23(7-2)29(17-21-13-10-9-12-20(21)4)25-26-14-15-28(25)24(22)30/h6,8-13H,7,14-18H2,1-5H3/b8-6-,19-11+. The van der Waals surface area contributed by atoms with E-state index in [0.717, 1.165) is 36.7 Å². The van der Waals surface area contributed by atoms with E-state index in [0.29, 0.717) is 19.6 Å². The molecule has 0 bridgehead atoms. The lowest BCUT2D eigenvalue weighted by Crippen LogP contribution is -2.51. The third-order valence-electron chi connectivity index (χ3n) is 5.68. The second-order valence-corrected chi connectivity index (χ2v) is 8.14. The number of fused-ring (bicyclic) bond motifs is 1. The van der Waals surface area contributed by atoms with Gasteiger partial charge in [0.15, 0.2) is 0 Å². The van der Waals surface area contributed by atoms with Crippen LogP contribution < -0.4 is 0 Å². The molecule has 0 radical (unpaired) electrons. The van der Waals surface area contributed by atoms with Crippen LogP contribution in [0.15, 0.2) is 64.3 Å². The van der Waals surface area contributed by atoms with Gasteiger partial charge in [-0.1, -0.05) is 55.0 Å². The Kier molecular flexibility index (Phi) is 7.27. The van der Waals surface area contributed by atoms with Gasteiger partial charge in [0.2, 0.25) is 5.96 Å². The van der Waals surface area contributed by atoms with Gasteiger partial charge in [0.05, 0.1) is 18.7 Å². The Labute approximate surface area is 181 Å². The number of guanidine groups is 1. The number of aliphatic imine (C=N–C) groups is 1. The van der Waals surface area contributed by atoms with Crippen molar-refractivity contribution in [2.24, 2.45) is 4.99 Å². The number of rotatable bonds is 8. The molecule has 0 atom stereocenters. The Bertz CT molecular complexity index is 909. The Morgan fingerprint density at radius 3 is 2.77 bits per heavy atom. The lowest BCUT2D eigenvalue weighted by Gasteiger charge is -2.39. The molecule has 1 amide bonds. The first-order valence-corrected chi connectivity index (χ1v) is 10.8. The molecule has 3 rings (SSSR count). The molecule has 5 nitrogen and oxygen atoms in total. The maximum Gasteiger partial charge on any atom is 0.259 e. The average Bonchev–Trinajstić information content (AvgIpc) is 3.21. The molecule has 1 aromatic rings. The molecule has 0 aromatic heterocycles. The molecule has 160 valence electrons. The van der Waals surface area contributed by atoms with Crippen LogP contribution in [-0.4, -0.2) is 59.8 Å². The van der Waals surface area contributed by atoms with Gasteiger partial charge in [0.25, 0.3) is 5.91 Å². The van der Waals surface area contributed by atoms with Crippen molar-refractivity contribution in [1.82, 2.24) is 14.7 Å². The number of carbonyl (C=O) groups excluding carboxylic acids is 1. The summed E-state index contributed by atoms with van der Waals surface area (Å²) in [5.74, 6) is 0.932. The summed E-state index contributed by atoms with van der Waals surface area (Å²) in [7, 11) is 2.08. The molecule has 0 aliphatic carbocycles. The number of benzene rings is 1. The van der Waals surface area contributed by atoms with Gasteiger partial charge >= 0.3 is 0 Å². The van der Waals surface area contributed by atoms with E-state index in [1.165, 1.54) is 16.7 Å². The fourth-order valence-corrected chi connectivity index (χ4v) is 4.18. The van der Waals surface area contributed by atoms with E-state index >= 15 is 0 Å². The summed E-state index contributed by atoms with van der Waals surface area (Å²) < 4.78 is 0. The molecule has 0 spiro atoms. The average molecular weight is 407 g/mol. The van der Waals surface area contributed by atoms with Crippen molar-refractivity contribution in [1.29, 1.82) is 0 Å². The summed E-state index contributed by atoms with van der Waals surface area (Å²) in [6.45, 7) is 12.0. The van der Waals surface area contributed by atoms with E-state index < -0.39 is 0 Å². The highest BCUT2D eigenvalue weighted by atomic mass is 16.2. The Hall–Kier alpha value is -2.66. The smallest absolute Gasteiger partial charge is 0.259 e. The number of amides is 1. The van der Waals surface area contributed by atoms with Crippen LogP contribution in [0.2, 0.25) is 0 Å². The van der Waals surface area contributed by atoms with Crippen LogP contribution in [0.1, 0.15) is 38.3 Å². The van der Waals surface area contributed by atoms with Gasteiger partial charge in [0.1, 0.15) is 0 Å². The summed E-state index contributed by atoms with van der Waals surface area (Å²) in [5, 5.41) is 0. The van der Waals surface area contributed by atoms with Crippen molar-refractivity contribution in [3.63, 3.8) is 0 Å². The second-order valence-electron chi connectivity index (χ2n) is 8.14. The van der Waals surface area contributed by atoms with Gasteiger partial charge in [-0.3, -0.25) is 19.6 Å². The summed E-state index contributed by atoms with van der Waals surface area (Å²) in [4.78, 5) is 24.4. The van der Waals surface area contributed by atoms with Gasteiger partial charge in [-0.2, -0.15) is 0 Å². The minimum absolute atomic E-state index is 0.117. The largest absolute Gasteiger partial charge is 0.311 e. The van der Waals surface area contributed by atoms with Crippen LogP contribution in [-0.2, 0) is 11.3 Å². The molecule has 0 N–H and O–H groups in total. The van der Waals surface area contributed by atoms with Crippen molar-refractivity contribution in [2.75, 3.05) is 33.2 Å². The Balaban J connectivity index is 1.92. The highest BCUT2D eigenvalue weighted by Gasteiger charge is 2.38. The number of allylic oxidation sites excluding steroid dienone is 4. The van der Waals surface area contributed by atoms with Gasteiger partial charge in [-0.25, -0.2) is 0 Å². The highest BCUT2D eigenvalue weighted by Crippen LogP contribution is 2.29. The van der Waals surface area contributed by atoms with E-state index in [9.17, 15) is 4.79 Å². The number of hydrogen-bond donors (Lipinski definition) is 0. The van der Waals surface area contributed by atoms with Gasteiger partial charge in [0, 0.05) is 25.3 Å². The topological polar surface area (TPSA) is 39.1 Å². The number of aryl methyl sites for hydroxylation is 1. The van der Waals surface area contributed by atoms with Crippen molar-refractivity contribution in [2.45, 2.75) is 40.7 Å². The predicted molar refractivity (Wildman–Crippen MR) is 124 cm³/mol. The summed E-state index contributed by atoms with van der Waals surface area (Å²) >= 11 is 0. The Morgan fingerprint density at radius 2 is 2.07 bits per heavy atom. The fourth-order valence-electron chi connectivity index (χ4n) is 4.18. The normalized spacial score (nSPS) is 17.5. The first kappa shape index (κ1) is 22.0. The Morgan fingerprint density at radius 1 is 1.30 bits per heavy atom. The van der Waals surface area contributed by atoms with Crippen LogP contribution in [0.5, 0.6) is 0 Å². The molecule has 30 heavy (non-hydrogen) atoms. The molecule has 2 aliphatic heterocycles. The summed E-state index contributed by atoms with van der Waals surface area (Å²) in [6.07, 6.45) is 7.03. The van der Waals surface area contributed by atoms with Crippen LogP contribution in [0.25, 0.3) is 0 Å². The predicted octanol–water partition coefficient (Wildman–Crippen LogP) is 4.13. The van der Waals surface area contributed by atoms with Gasteiger partial charge in [-0.15, -0.1) is 0 Å². The van der Waals surface area contributed by atoms with Crippen molar-refractivity contribution < 1.29 is 4.79 Å². The summed E-state index contributed by atoms with van der Waals surface area (Å²) in [6, 6.07) is 8.46. The van der Waals surface area contributed by atoms with Crippen LogP contribution >= 0.6 is 0 Å². The lowest BCUT2D eigenvalue weighted by molar-refractivity contribution is -0.124. The van der Waals surface area contributed by atoms with Crippen LogP contribution in [0.4, 0.5) is 0 Å². The maximum absolute atomic E-state index is 13.3. The zero-order chi connectivity index (χ0) is 21.7. The van der Waals surface area contributed by atoms with E-state index in [2.05, 4.69) is 74.0 Å². The zero-order valence-corrected chi connectivity index (χ0v) is 19.0. The lowest BCUT2D eigenvalue weighted by atomic mass is 10.0. The number of carbonyl (C=O) groups is 1. The van der Waals surface area contributed by atoms with Gasteiger partial charge < -0.3 is 4.90 Å². The monoisotopic (exact) mass is 406 g/mol. The molecular weight excluding hydrogens is 372 g/mol. The number of hydrogen-bond acceptors (Lipinski definition) is 4. The van der Waals surface area contributed by atoms with Crippen LogP contribution in [0, 0.1) is 6.92 Å². The second kappa shape index (κ2) is 9.90. The molecule has 0 fully saturated rings. The molecular formula is C25H34N4O. The van der Waals surface area contributed by atoms with E-state index in [4.69, 9.17) is 4.99 Å². The van der Waals surface area contributed by atoms with E-state index in [-0.39, 0.29) is 5.91 Å². The highest BCUT2D eigenvalue weighted by molar-refractivity contribution is 6.10. The van der Waals surface area contributed by atoms with Crippen molar-refractivity contribution in [3.8, 4) is 0 Å². The third kappa shape index (κ3) is 4.73. The van der Waals surface area contributed by atoms with E-state index in [1.54, 1.807) is 0 Å². The first-order chi connectivity index (χ1) is 14.5. The molecule has 2 aliphatic rings. The minimum atomic E-state index is 0.117. The molecule has 0 saturated heterocycles. The molecule has 0 saturated carbocycles. The third-order valence-corrected chi connectivity index (χ3v) is 5.68.